The smallest absolute Gasteiger partial charge is 0.307 e. The summed E-state index contributed by atoms with van der Waals surface area (Å²) in [4.78, 5) is 26.5. The van der Waals surface area contributed by atoms with Crippen LogP contribution in [-0.2, 0) is 27.3 Å². The lowest BCUT2D eigenvalue weighted by molar-refractivity contribution is -0.143. The minimum atomic E-state index is -0.228. The standard InChI is InChI=1S/C14H20N2O3S/c1-2-19-14(18)3-6-15-9-13(17)16-7-4-12-11(10-16)5-8-20-12/h5,8,15H,2-4,6-7,9-10H2,1H3. The van der Waals surface area contributed by atoms with E-state index >= 15 is 0 Å². The number of thiophene rings is 1. The lowest BCUT2D eigenvalue weighted by atomic mass is 10.1. The Kier molecular flexibility index (Phi) is 5.55. The molecule has 0 radical (unpaired) electrons. The largest absolute Gasteiger partial charge is 0.466 e. The van der Waals surface area contributed by atoms with Gasteiger partial charge in [-0.15, -0.1) is 11.3 Å². The maximum Gasteiger partial charge on any atom is 0.307 e. The maximum absolute atomic E-state index is 12.1. The number of carbonyl (C=O) groups excluding carboxylic acids is 2. The Morgan fingerprint density at radius 3 is 3.15 bits per heavy atom. The van der Waals surface area contributed by atoms with Crippen LogP contribution in [0.5, 0.6) is 0 Å². The first-order valence-corrected chi connectivity index (χ1v) is 7.78. The number of amides is 1. The second kappa shape index (κ2) is 7.40. The Morgan fingerprint density at radius 2 is 2.35 bits per heavy atom. The van der Waals surface area contributed by atoms with Gasteiger partial charge in [-0.05, 0) is 30.4 Å². The first-order chi connectivity index (χ1) is 9.70. The zero-order valence-electron chi connectivity index (χ0n) is 11.7. The van der Waals surface area contributed by atoms with Crippen LogP contribution in [-0.4, -0.2) is 43.0 Å². The molecule has 6 heteroatoms. The van der Waals surface area contributed by atoms with Gasteiger partial charge in [0.15, 0.2) is 0 Å². The molecule has 1 aromatic rings. The highest BCUT2D eigenvalue weighted by Crippen LogP contribution is 2.23. The van der Waals surface area contributed by atoms with Gasteiger partial charge in [-0.3, -0.25) is 9.59 Å². The quantitative estimate of drug-likeness (QED) is 0.632. The maximum atomic E-state index is 12.1. The van der Waals surface area contributed by atoms with E-state index in [4.69, 9.17) is 4.74 Å². The van der Waals surface area contributed by atoms with Crippen molar-refractivity contribution in [1.82, 2.24) is 10.2 Å². The Bertz CT molecular complexity index is 473. The lowest BCUT2D eigenvalue weighted by Gasteiger charge is -2.27. The monoisotopic (exact) mass is 296 g/mol. The number of nitrogens with zero attached hydrogens (tertiary/aromatic N) is 1. The molecule has 1 amide bonds. The normalized spacial score (nSPS) is 13.9. The average molecular weight is 296 g/mol. The summed E-state index contributed by atoms with van der Waals surface area (Å²) in [7, 11) is 0. The van der Waals surface area contributed by atoms with Crippen molar-refractivity contribution in [1.29, 1.82) is 0 Å². The molecule has 110 valence electrons. The van der Waals surface area contributed by atoms with Gasteiger partial charge in [0, 0.05) is 24.5 Å². The predicted octanol–water partition coefficient (Wildman–Crippen LogP) is 1.18. The summed E-state index contributed by atoms with van der Waals surface area (Å²) in [5.41, 5.74) is 1.26. The van der Waals surface area contributed by atoms with Gasteiger partial charge in [0.25, 0.3) is 0 Å². The molecule has 0 spiro atoms. The van der Waals surface area contributed by atoms with Gasteiger partial charge in [0.1, 0.15) is 0 Å². The number of ether oxygens (including phenoxy) is 1. The van der Waals surface area contributed by atoms with Gasteiger partial charge >= 0.3 is 5.97 Å². The lowest BCUT2D eigenvalue weighted by Crippen LogP contribution is -2.41. The third kappa shape index (κ3) is 4.05. The van der Waals surface area contributed by atoms with E-state index in [1.165, 1.54) is 10.4 Å². The minimum absolute atomic E-state index is 0.0886. The van der Waals surface area contributed by atoms with Gasteiger partial charge in [0.05, 0.1) is 19.6 Å². The van der Waals surface area contributed by atoms with Gasteiger partial charge in [0.2, 0.25) is 5.91 Å². The van der Waals surface area contributed by atoms with Gasteiger partial charge in [-0.1, -0.05) is 0 Å². The predicted molar refractivity (Wildman–Crippen MR) is 77.6 cm³/mol. The van der Waals surface area contributed by atoms with E-state index < -0.39 is 0 Å². The molecule has 0 aliphatic carbocycles. The van der Waals surface area contributed by atoms with E-state index in [1.807, 2.05) is 4.90 Å². The van der Waals surface area contributed by atoms with Crippen LogP contribution >= 0.6 is 11.3 Å². The molecular weight excluding hydrogens is 276 g/mol. The van der Waals surface area contributed by atoms with Crippen molar-refractivity contribution in [3.63, 3.8) is 0 Å². The molecule has 0 unspecified atom stereocenters. The fourth-order valence-corrected chi connectivity index (χ4v) is 3.08. The molecule has 2 rings (SSSR count). The molecule has 0 bridgehead atoms. The van der Waals surface area contributed by atoms with Crippen molar-refractivity contribution in [2.45, 2.75) is 26.3 Å². The van der Waals surface area contributed by atoms with Crippen LogP contribution in [0, 0.1) is 0 Å². The van der Waals surface area contributed by atoms with E-state index in [0.717, 1.165) is 13.0 Å². The molecule has 1 aliphatic rings. The van der Waals surface area contributed by atoms with Crippen molar-refractivity contribution in [2.24, 2.45) is 0 Å². The number of nitrogens with one attached hydrogen (secondary N) is 1. The average Bonchev–Trinajstić information content (AvgIpc) is 2.91. The first-order valence-electron chi connectivity index (χ1n) is 6.90. The molecule has 5 nitrogen and oxygen atoms in total. The van der Waals surface area contributed by atoms with Crippen LogP contribution in [0.25, 0.3) is 0 Å². The topological polar surface area (TPSA) is 58.6 Å². The summed E-state index contributed by atoms with van der Waals surface area (Å²) in [6.45, 7) is 4.42. The van der Waals surface area contributed by atoms with Crippen LogP contribution in [0.3, 0.4) is 0 Å². The molecule has 2 heterocycles. The van der Waals surface area contributed by atoms with Gasteiger partial charge in [-0.25, -0.2) is 0 Å². The summed E-state index contributed by atoms with van der Waals surface area (Å²) >= 11 is 1.76. The second-order valence-corrected chi connectivity index (χ2v) is 5.67. The Labute approximate surface area is 122 Å². The molecule has 0 fully saturated rings. The molecule has 0 saturated heterocycles. The molecule has 0 aromatic carbocycles. The van der Waals surface area contributed by atoms with E-state index in [9.17, 15) is 9.59 Å². The van der Waals surface area contributed by atoms with Crippen LogP contribution in [0.4, 0.5) is 0 Å². The molecule has 20 heavy (non-hydrogen) atoms. The number of hydrogen-bond acceptors (Lipinski definition) is 5. The number of hydrogen-bond donors (Lipinski definition) is 1. The van der Waals surface area contributed by atoms with Crippen LogP contribution in [0.2, 0.25) is 0 Å². The molecular formula is C14H20N2O3S. The van der Waals surface area contributed by atoms with Crippen molar-refractivity contribution in [2.75, 3.05) is 26.2 Å². The zero-order valence-corrected chi connectivity index (χ0v) is 12.5. The molecule has 1 N–H and O–H groups in total. The number of carbonyl (C=O) groups is 2. The third-order valence-electron chi connectivity index (χ3n) is 3.25. The fourth-order valence-electron chi connectivity index (χ4n) is 2.19. The van der Waals surface area contributed by atoms with Crippen molar-refractivity contribution in [3.8, 4) is 0 Å². The summed E-state index contributed by atoms with van der Waals surface area (Å²) in [6.07, 6.45) is 1.25. The van der Waals surface area contributed by atoms with E-state index in [1.54, 1.807) is 18.3 Å². The second-order valence-electron chi connectivity index (χ2n) is 4.67. The fraction of sp³-hybridized carbons (Fsp3) is 0.571. The number of esters is 1. The molecule has 1 aliphatic heterocycles. The summed E-state index contributed by atoms with van der Waals surface area (Å²) in [6, 6.07) is 2.09. The summed E-state index contributed by atoms with van der Waals surface area (Å²) in [5.74, 6) is -0.140. The van der Waals surface area contributed by atoms with Crippen molar-refractivity contribution >= 4 is 23.2 Å². The van der Waals surface area contributed by atoms with Gasteiger partial charge < -0.3 is 15.0 Å². The Hall–Kier alpha value is -1.40. The minimum Gasteiger partial charge on any atom is -0.466 e. The summed E-state index contributed by atoms with van der Waals surface area (Å²) in [5, 5.41) is 5.08. The van der Waals surface area contributed by atoms with E-state index in [0.29, 0.717) is 26.1 Å². The zero-order chi connectivity index (χ0) is 14.4. The van der Waals surface area contributed by atoms with Crippen LogP contribution < -0.4 is 5.32 Å². The third-order valence-corrected chi connectivity index (χ3v) is 4.27. The highest BCUT2D eigenvalue weighted by Gasteiger charge is 2.20. The Morgan fingerprint density at radius 1 is 1.50 bits per heavy atom. The number of rotatable bonds is 6. The number of fused-ring (bicyclic) bond motifs is 1. The van der Waals surface area contributed by atoms with Gasteiger partial charge in [-0.2, -0.15) is 0 Å². The molecule has 1 aromatic heterocycles. The Balaban J connectivity index is 1.67. The van der Waals surface area contributed by atoms with Crippen LogP contribution in [0.1, 0.15) is 23.8 Å². The first kappa shape index (κ1) is 15.0. The van der Waals surface area contributed by atoms with E-state index in [-0.39, 0.29) is 18.4 Å². The highest BCUT2D eigenvalue weighted by atomic mass is 32.1. The molecule has 0 atom stereocenters. The summed E-state index contributed by atoms with van der Waals surface area (Å²) < 4.78 is 4.82. The molecule has 0 saturated carbocycles. The van der Waals surface area contributed by atoms with E-state index in [2.05, 4.69) is 16.8 Å². The van der Waals surface area contributed by atoms with Crippen LogP contribution in [0.15, 0.2) is 11.4 Å². The van der Waals surface area contributed by atoms with Crippen molar-refractivity contribution in [3.05, 3.63) is 21.9 Å². The van der Waals surface area contributed by atoms with Crippen molar-refractivity contribution < 1.29 is 14.3 Å². The highest BCUT2D eigenvalue weighted by molar-refractivity contribution is 7.10. The SMILES string of the molecule is CCOC(=O)CCNCC(=O)N1CCc2sccc2C1.